The van der Waals surface area contributed by atoms with Gasteiger partial charge in [0, 0.05) is 12.1 Å². The van der Waals surface area contributed by atoms with Crippen molar-refractivity contribution < 1.29 is 13.2 Å². The Morgan fingerprint density at radius 1 is 1.33 bits per heavy atom. The number of rotatable bonds is 6. The first-order valence-corrected chi connectivity index (χ1v) is 8.93. The quantitative estimate of drug-likeness (QED) is 0.839. The van der Waals surface area contributed by atoms with Crippen molar-refractivity contribution in [3.63, 3.8) is 0 Å². The number of nitrogens with one attached hydrogen (secondary N) is 1. The van der Waals surface area contributed by atoms with Gasteiger partial charge < -0.3 is 10.5 Å². The van der Waals surface area contributed by atoms with E-state index < -0.39 is 15.6 Å². The fraction of sp³-hybridized carbons (Fsp3) is 0.600. The maximum Gasteiger partial charge on any atom is 0.240 e. The summed E-state index contributed by atoms with van der Waals surface area (Å²) in [5.41, 5.74) is 6.60. The SMILES string of the molecule is CCC(N)(CC)CNS(=O)(=O)c1ccc2c(c1)CCCO2. The highest BCUT2D eigenvalue weighted by molar-refractivity contribution is 7.89. The Labute approximate surface area is 126 Å². The van der Waals surface area contributed by atoms with Gasteiger partial charge in [-0.1, -0.05) is 13.8 Å². The van der Waals surface area contributed by atoms with Gasteiger partial charge in [0.25, 0.3) is 0 Å². The summed E-state index contributed by atoms with van der Waals surface area (Å²) in [6.07, 6.45) is 3.22. The van der Waals surface area contributed by atoms with E-state index in [1.807, 2.05) is 13.8 Å². The Morgan fingerprint density at radius 3 is 2.71 bits per heavy atom. The van der Waals surface area contributed by atoms with E-state index in [9.17, 15) is 8.42 Å². The minimum absolute atomic E-state index is 0.246. The van der Waals surface area contributed by atoms with Crippen LogP contribution >= 0.6 is 0 Å². The van der Waals surface area contributed by atoms with Gasteiger partial charge >= 0.3 is 0 Å². The molecule has 0 spiro atoms. The highest BCUT2D eigenvalue weighted by atomic mass is 32.2. The van der Waals surface area contributed by atoms with Crippen LogP contribution in [0.4, 0.5) is 0 Å². The zero-order valence-electron chi connectivity index (χ0n) is 12.7. The van der Waals surface area contributed by atoms with E-state index >= 15 is 0 Å². The van der Waals surface area contributed by atoms with Crippen molar-refractivity contribution in [2.45, 2.75) is 50.0 Å². The smallest absolute Gasteiger partial charge is 0.240 e. The van der Waals surface area contributed by atoms with E-state index in [1.54, 1.807) is 18.2 Å². The Hall–Kier alpha value is -1.11. The second-order valence-electron chi connectivity index (χ2n) is 5.62. The Kier molecular flexibility index (Phi) is 4.91. The van der Waals surface area contributed by atoms with E-state index in [4.69, 9.17) is 10.5 Å². The molecule has 118 valence electrons. The van der Waals surface area contributed by atoms with Gasteiger partial charge in [0.1, 0.15) is 5.75 Å². The van der Waals surface area contributed by atoms with Gasteiger partial charge in [0.2, 0.25) is 10.0 Å². The summed E-state index contributed by atoms with van der Waals surface area (Å²) < 4.78 is 32.9. The van der Waals surface area contributed by atoms with Crippen molar-refractivity contribution in [3.05, 3.63) is 23.8 Å². The Morgan fingerprint density at radius 2 is 2.05 bits per heavy atom. The molecule has 0 fully saturated rings. The van der Waals surface area contributed by atoms with Crippen LogP contribution in [0.15, 0.2) is 23.1 Å². The first-order valence-electron chi connectivity index (χ1n) is 7.44. The lowest BCUT2D eigenvalue weighted by molar-refractivity contribution is 0.288. The molecule has 0 amide bonds. The minimum atomic E-state index is -3.53. The summed E-state index contributed by atoms with van der Waals surface area (Å²) in [4.78, 5) is 0.279. The fourth-order valence-electron chi connectivity index (χ4n) is 2.33. The van der Waals surface area contributed by atoms with Crippen LogP contribution in [0.25, 0.3) is 0 Å². The maximum absolute atomic E-state index is 12.4. The highest BCUT2D eigenvalue weighted by Crippen LogP contribution is 2.27. The zero-order chi connectivity index (χ0) is 15.5. The molecular formula is C15H24N2O3S. The standard InChI is InChI=1S/C15H24N2O3S/c1-3-15(16,4-2)11-17-21(18,19)13-7-8-14-12(10-13)6-5-9-20-14/h7-8,10,17H,3-6,9,11,16H2,1-2H3. The van der Waals surface area contributed by atoms with Gasteiger partial charge in [-0.2, -0.15) is 0 Å². The molecule has 21 heavy (non-hydrogen) atoms. The molecule has 0 bridgehead atoms. The molecule has 0 unspecified atom stereocenters. The lowest BCUT2D eigenvalue weighted by Crippen LogP contribution is -2.49. The molecule has 0 radical (unpaired) electrons. The van der Waals surface area contributed by atoms with Gasteiger partial charge in [-0.05, 0) is 49.4 Å². The molecule has 6 heteroatoms. The summed E-state index contributed by atoms with van der Waals surface area (Å²) in [7, 11) is -3.53. The van der Waals surface area contributed by atoms with Crippen LogP contribution in [0, 0.1) is 0 Å². The van der Waals surface area contributed by atoms with Crippen LogP contribution in [0.2, 0.25) is 0 Å². The maximum atomic E-state index is 12.4. The number of benzene rings is 1. The summed E-state index contributed by atoms with van der Waals surface area (Å²) in [6, 6.07) is 5.02. The van der Waals surface area contributed by atoms with Crippen molar-refractivity contribution in [2.75, 3.05) is 13.2 Å². The van der Waals surface area contributed by atoms with Crippen LogP contribution < -0.4 is 15.2 Å². The molecule has 0 saturated heterocycles. The molecule has 2 rings (SSSR count). The van der Waals surface area contributed by atoms with Crippen LogP contribution in [0.5, 0.6) is 5.75 Å². The summed E-state index contributed by atoms with van der Waals surface area (Å²) in [5, 5.41) is 0. The first-order chi connectivity index (χ1) is 9.90. The van der Waals surface area contributed by atoms with Crippen molar-refractivity contribution in [2.24, 2.45) is 5.73 Å². The third kappa shape index (κ3) is 3.75. The molecule has 1 aliphatic rings. The van der Waals surface area contributed by atoms with Crippen LogP contribution in [-0.4, -0.2) is 27.1 Å². The largest absolute Gasteiger partial charge is 0.493 e. The van der Waals surface area contributed by atoms with E-state index in [0.29, 0.717) is 6.61 Å². The normalized spacial score (nSPS) is 15.4. The summed E-state index contributed by atoms with van der Waals surface area (Å²) in [5.74, 6) is 0.787. The van der Waals surface area contributed by atoms with E-state index in [2.05, 4.69) is 4.72 Å². The molecule has 1 aromatic rings. The number of aryl methyl sites for hydroxylation is 1. The number of sulfonamides is 1. The first kappa shape index (κ1) is 16.3. The third-order valence-electron chi connectivity index (χ3n) is 4.21. The monoisotopic (exact) mass is 312 g/mol. The third-order valence-corrected chi connectivity index (χ3v) is 5.61. The van der Waals surface area contributed by atoms with Crippen molar-refractivity contribution in [3.8, 4) is 5.75 Å². The predicted octanol–water partition coefficient (Wildman–Crippen LogP) is 1.81. The number of ether oxygens (including phenoxy) is 1. The number of hydrogen-bond acceptors (Lipinski definition) is 4. The summed E-state index contributed by atoms with van der Waals surface area (Å²) in [6.45, 7) is 4.87. The molecule has 0 aromatic heterocycles. The number of nitrogens with two attached hydrogens (primary N) is 1. The fourth-order valence-corrected chi connectivity index (χ4v) is 3.51. The number of fused-ring (bicyclic) bond motifs is 1. The molecule has 5 nitrogen and oxygen atoms in total. The second-order valence-corrected chi connectivity index (χ2v) is 7.38. The van der Waals surface area contributed by atoms with Crippen molar-refractivity contribution in [1.82, 2.24) is 4.72 Å². The molecule has 0 aliphatic carbocycles. The van der Waals surface area contributed by atoms with Gasteiger partial charge in [0.15, 0.2) is 0 Å². The zero-order valence-corrected chi connectivity index (χ0v) is 13.5. The molecule has 1 aliphatic heterocycles. The summed E-state index contributed by atoms with van der Waals surface area (Å²) >= 11 is 0. The van der Waals surface area contributed by atoms with E-state index in [1.165, 1.54) is 0 Å². The van der Waals surface area contributed by atoms with Crippen LogP contribution in [0.1, 0.15) is 38.7 Å². The van der Waals surface area contributed by atoms with Crippen molar-refractivity contribution in [1.29, 1.82) is 0 Å². The minimum Gasteiger partial charge on any atom is -0.493 e. The average Bonchev–Trinajstić information content (AvgIpc) is 2.52. The van der Waals surface area contributed by atoms with Crippen LogP contribution in [-0.2, 0) is 16.4 Å². The van der Waals surface area contributed by atoms with Crippen LogP contribution in [0.3, 0.4) is 0 Å². The Balaban J connectivity index is 2.16. The van der Waals surface area contributed by atoms with Gasteiger partial charge in [-0.25, -0.2) is 13.1 Å². The van der Waals surface area contributed by atoms with E-state index in [-0.39, 0.29) is 11.4 Å². The predicted molar refractivity (Wildman–Crippen MR) is 82.9 cm³/mol. The molecule has 3 N–H and O–H groups in total. The molecule has 0 saturated carbocycles. The molecule has 0 atom stereocenters. The number of hydrogen-bond donors (Lipinski definition) is 2. The van der Waals surface area contributed by atoms with Gasteiger partial charge in [-0.3, -0.25) is 0 Å². The highest BCUT2D eigenvalue weighted by Gasteiger charge is 2.24. The average molecular weight is 312 g/mol. The van der Waals surface area contributed by atoms with Crippen molar-refractivity contribution >= 4 is 10.0 Å². The van der Waals surface area contributed by atoms with Gasteiger partial charge in [-0.15, -0.1) is 0 Å². The Bertz CT molecular complexity index is 595. The second kappa shape index (κ2) is 6.34. The molecule has 1 aromatic carbocycles. The molecule has 1 heterocycles. The molecular weight excluding hydrogens is 288 g/mol. The lowest BCUT2D eigenvalue weighted by Gasteiger charge is -2.26. The van der Waals surface area contributed by atoms with Gasteiger partial charge in [0.05, 0.1) is 11.5 Å². The lowest BCUT2D eigenvalue weighted by atomic mass is 9.95. The topological polar surface area (TPSA) is 81.4 Å². The van der Waals surface area contributed by atoms with E-state index in [0.717, 1.165) is 37.0 Å².